The van der Waals surface area contributed by atoms with Crippen LogP contribution in [0.3, 0.4) is 0 Å². The zero-order chi connectivity index (χ0) is 39.0. The van der Waals surface area contributed by atoms with Crippen molar-refractivity contribution in [3.05, 3.63) is 35.9 Å². The van der Waals surface area contributed by atoms with Crippen LogP contribution >= 0.6 is 0 Å². The average molecular weight is 742 g/mol. The highest BCUT2D eigenvalue weighted by molar-refractivity contribution is 5.84. The Morgan fingerprint density at radius 3 is 2.32 bits per heavy atom. The van der Waals surface area contributed by atoms with Gasteiger partial charge >= 0.3 is 0 Å². The summed E-state index contributed by atoms with van der Waals surface area (Å²) in [6.07, 6.45) is 4.39. The molecule has 12 nitrogen and oxygen atoms in total. The van der Waals surface area contributed by atoms with Crippen LogP contribution in [0.4, 0.5) is 0 Å². The van der Waals surface area contributed by atoms with Crippen LogP contribution in [-0.4, -0.2) is 117 Å². The number of nitrogens with zero attached hydrogens (tertiary/aromatic N) is 2. The third-order valence-corrected chi connectivity index (χ3v) is 12.6. The van der Waals surface area contributed by atoms with Gasteiger partial charge in [0.15, 0.2) is 0 Å². The molecule has 2 bridgehead atoms. The van der Waals surface area contributed by atoms with Crippen molar-refractivity contribution in [2.24, 2.45) is 35.3 Å². The third-order valence-electron chi connectivity index (χ3n) is 12.6. The minimum absolute atomic E-state index is 0.00422. The first kappa shape index (κ1) is 42.7. The molecule has 3 aliphatic rings. The van der Waals surface area contributed by atoms with Crippen LogP contribution in [0.2, 0.25) is 0 Å². The number of primary amides is 1. The van der Waals surface area contributed by atoms with Gasteiger partial charge in [0.1, 0.15) is 0 Å². The number of nitrogens with two attached hydrogens (primary N) is 1. The fourth-order valence-electron chi connectivity index (χ4n) is 9.90. The van der Waals surface area contributed by atoms with E-state index in [9.17, 15) is 19.2 Å². The molecule has 1 aromatic rings. The van der Waals surface area contributed by atoms with Crippen molar-refractivity contribution in [1.82, 2.24) is 20.4 Å². The van der Waals surface area contributed by atoms with Crippen LogP contribution in [0.15, 0.2) is 30.3 Å². The van der Waals surface area contributed by atoms with Gasteiger partial charge in [-0.2, -0.15) is 0 Å². The molecule has 1 aromatic carbocycles. The van der Waals surface area contributed by atoms with Gasteiger partial charge < -0.3 is 35.1 Å². The van der Waals surface area contributed by atoms with E-state index in [1.54, 1.807) is 21.3 Å². The second-order valence-electron chi connectivity index (χ2n) is 16.3. The second kappa shape index (κ2) is 19.0. The number of hydrogen-bond donors (Lipinski definition) is 3. The number of methoxy groups -OCH3 is 3. The van der Waals surface area contributed by atoms with E-state index < -0.39 is 29.7 Å². The van der Waals surface area contributed by atoms with Crippen LogP contribution in [-0.2, 0) is 39.8 Å². The van der Waals surface area contributed by atoms with Crippen LogP contribution < -0.4 is 16.4 Å². The maximum atomic E-state index is 14.7. The lowest BCUT2D eigenvalue weighted by Gasteiger charge is -2.45. The van der Waals surface area contributed by atoms with Gasteiger partial charge in [-0.3, -0.25) is 24.5 Å². The van der Waals surface area contributed by atoms with E-state index in [0.717, 1.165) is 44.1 Å². The molecule has 4 rings (SSSR count). The van der Waals surface area contributed by atoms with Gasteiger partial charge in [-0.1, -0.05) is 71.4 Å². The molecule has 0 aromatic heterocycles. The number of likely N-dealkylation sites (N-methyl/N-ethyl adjacent to an activating group) is 1. The molecule has 0 radical (unpaired) electrons. The van der Waals surface area contributed by atoms with Crippen molar-refractivity contribution in [2.45, 2.75) is 128 Å². The molecule has 1 saturated carbocycles. The molecule has 1 aliphatic carbocycles. The normalized spacial score (nSPS) is 26.5. The quantitative estimate of drug-likeness (QED) is 0.184. The number of nitrogens with one attached hydrogen (secondary N) is 2. The maximum absolute atomic E-state index is 14.7. The van der Waals surface area contributed by atoms with Crippen molar-refractivity contribution in [3.8, 4) is 0 Å². The third kappa shape index (κ3) is 9.61. The van der Waals surface area contributed by atoms with E-state index in [2.05, 4.69) is 38.3 Å². The smallest absolute Gasteiger partial charge is 0.234 e. The number of hydrogen-bond acceptors (Lipinski definition) is 8. The van der Waals surface area contributed by atoms with Crippen LogP contribution in [0, 0.1) is 29.6 Å². The predicted octanol–water partition coefficient (Wildman–Crippen LogP) is 3.55. The Hall–Kier alpha value is -3.06. The molecule has 298 valence electrons. The second-order valence-corrected chi connectivity index (χ2v) is 16.3. The fraction of sp³-hybridized carbons (Fsp3) is 0.756. The Kier molecular flexibility index (Phi) is 15.3. The Bertz CT molecular complexity index is 1380. The molecule has 2 aliphatic heterocycles. The zero-order valence-corrected chi connectivity index (χ0v) is 33.6. The lowest BCUT2D eigenvalue weighted by atomic mass is 9.74. The molecule has 0 spiro atoms. The van der Waals surface area contributed by atoms with Crippen LogP contribution in [0.1, 0.15) is 85.1 Å². The number of ether oxygens (including phenoxy) is 3. The molecule has 4 N–H and O–H groups in total. The summed E-state index contributed by atoms with van der Waals surface area (Å²) in [6.45, 7) is 11.1. The number of amides is 4. The molecule has 11 atom stereocenters. The number of carbonyl (C=O) groups excluding carboxylic acids is 4. The number of carbonyl (C=O) groups is 4. The van der Waals surface area contributed by atoms with Gasteiger partial charge in [-0.25, -0.2) is 0 Å². The van der Waals surface area contributed by atoms with Gasteiger partial charge in [0.05, 0.1) is 61.2 Å². The monoisotopic (exact) mass is 742 g/mol. The highest BCUT2D eigenvalue weighted by Crippen LogP contribution is 2.50. The minimum atomic E-state index is -0.557. The largest absolute Gasteiger partial charge is 0.383 e. The molecule has 2 saturated heterocycles. The van der Waals surface area contributed by atoms with Gasteiger partial charge in [-0.15, -0.1) is 0 Å². The summed E-state index contributed by atoms with van der Waals surface area (Å²) in [6, 6.07) is 8.71. The summed E-state index contributed by atoms with van der Waals surface area (Å²) in [7, 11) is 6.67. The molecular formula is C41H67N5O7. The van der Waals surface area contributed by atoms with Gasteiger partial charge in [0, 0.05) is 40.5 Å². The van der Waals surface area contributed by atoms with Crippen LogP contribution in [0.5, 0.6) is 0 Å². The van der Waals surface area contributed by atoms with E-state index in [1.165, 1.54) is 0 Å². The van der Waals surface area contributed by atoms with Crippen molar-refractivity contribution in [3.63, 3.8) is 0 Å². The Balaban J connectivity index is 1.49. The van der Waals surface area contributed by atoms with E-state index in [1.807, 2.05) is 54.1 Å². The number of fused-ring (bicyclic) bond motifs is 2. The van der Waals surface area contributed by atoms with Crippen molar-refractivity contribution in [2.75, 3.05) is 41.5 Å². The summed E-state index contributed by atoms with van der Waals surface area (Å²) in [5.74, 6) is -1.28. The van der Waals surface area contributed by atoms with Gasteiger partial charge in [0.25, 0.3) is 0 Å². The fourth-order valence-corrected chi connectivity index (χ4v) is 9.90. The average Bonchev–Trinajstić information content (AvgIpc) is 3.88. The van der Waals surface area contributed by atoms with Crippen molar-refractivity contribution < 1.29 is 33.4 Å². The molecule has 3 fully saturated rings. The predicted molar refractivity (Wildman–Crippen MR) is 205 cm³/mol. The topological polar surface area (TPSA) is 153 Å². The summed E-state index contributed by atoms with van der Waals surface area (Å²) >= 11 is 0. The number of rotatable bonds is 20. The van der Waals surface area contributed by atoms with E-state index >= 15 is 0 Å². The first-order valence-electron chi connectivity index (χ1n) is 19.7. The highest BCUT2D eigenvalue weighted by atomic mass is 16.5. The number of likely N-dealkylation sites (tertiary alicyclic amines) is 1. The molecule has 53 heavy (non-hydrogen) atoms. The van der Waals surface area contributed by atoms with Crippen LogP contribution in [0.25, 0.3) is 0 Å². The molecular weight excluding hydrogens is 674 g/mol. The summed E-state index contributed by atoms with van der Waals surface area (Å²) in [5, 5.41) is 6.69. The maximum Gasteiger partial charge on any atom is 0.234 e. The Labute approximate surface area is 317 Å². The van der Waals surface area contributed by atoms with E-state index in [-0.39, 0.29) is 71.8 Å². The number of piperidine rings is 1. The van der Waals surface area contributed by atoms with E-state index in [0.29, 0.717) is 19.6 Å². The lowest BCUT2D eigenvalue weighted by Crippen LogP contribution is -2.61. The minimum Gasteiger partial charge on any atom is -0.383 e. The molecule has 4 amide bonds. The standard InChI is InChI=1S/C41H67N5O7/c1-10-26(4)36(45(6)40(50)34(25(2)3)41-19-18-29(23-41)35(44-41)38(42)48)32(52-8)22-33(47)46-20-14-17-31(46)37(53-9)27(5)39(49)43-30(24-51-7)21-28-15-12-11-13-16-28/h11-13,15-16,25-27,29-32,34-37,44H,10,14,17-24H2,1-9H3,(H2,42,48)(H,43,49)/t26-,27+,29?,30-,31-,32+,34+,35?,36-,37+,41?/m0/s1. The summed E-state index contributed by atoms with van der Waals surface area (Å²) in [5.41, 5.74) is 6.37. The zero-order valence-electron chi connectivity index (χ0n) is 33.6. The number of benzene rings is 1. The van der Waals surface area contributed by atoms with Crippen molar-refractivity contribution >= 4 is 23.6 Å². The van der Waals surface area contributed by atoms with E-state index in [4.69, 9.17) is 19.9 Å². The Morgan fingerprint density at radius 2 is 1.75 bits per heavy atom. The first-order valence-corrected chi connectivity index (χ1v) is 19.7. The molecule has 3 unspecified atom stereocenters. The highest BCUT2D eigenvalue weighted by Gasteiger charge is 2.59. The lowest BCUT2D eigenvalue weighted by molar-refractivity contribution is -0.150. The molecule has 2 heterocycles. The van der Waals surface area contributed by atoms with Gasteiger partial charge in [-0.05, 0) is 61.8 Å². The van der Waals surface area contributed by atoms with Crippen molar-refractivity contribution in [1.29, 1.82) is 0 Å². The van der Waals surface area contributed by atoms with Gasteiger partial charge in [0.2, 0.25) is 23.6 Å². The molecule has 12 heteroatoms. The summed E-state index contributed by atoms with van der Waals surface area (Å²) < 4.78 is 17.5. The summed E-state index contributed by atoms with van der Waals surface area (Å²) in [4.78, 5) is 58.6. The first-order chi connectivity index (χ1) is 25.2. The SMILES string of the molecule is CC[C@H](C)[C@@H]([C@@H](CC(=O)N1CCC[C@H]1[C@H](OC)[C@@H](C)C(=O)N[C@H](COC)Cc1ccccc1)OC)N(C)C(=O)[C@@H](C(C)C)C12CCC(C1)C(C(N)=O)N2. The Morgan fingerprint density at radius 1 is 1.06 bits per heavy atom.